The molecule has 9 nitrogen and oxygen atoms in total. The number of hydrogen-bond donors (Lipinski definition) is 1. The molecule has 3 heterocycles. The van der Waals surface area contributed by atoms with Gasteiger partial charge in [-0.1, -0.05) is 11.8 Å². The molecule has 0 saturated carbocycles. The van der Waals surface area contributed by atoms with Gasteiger partial charge in [0, 0.05) is 32.4 Å². The molecule has 3 rings (SSSR count). The predicted octanol–water partition coefficient (Wildman–Crippen LogP) is 0.354. The molecule has 0 atom stereocenters. The van der Waals surface area contributed by atoms with E-state index in [4.69, 9.17) is 0 Å². The molecule has 1 aliphatic heterocycles. The number of nitrogens with zero attached hydrogens (tertiary/aromatic N) is 7. The summed E-state index contributed by atoms with van der Waals surface area (Å²) < 4.78 is 1.54. The zero-order valence-electron chi connectivity index (χ0n) is 13.8. The lowest BCUT2D eigenvalue weighted by molar-refractivity contribution is -0.119. The van der Waals surface area contributed by atoms with E-state index in [2.05, 4.69) is 36.8 Å². The van der Waals surface area contributed by atoms with Crippen LogP contribution in [0.2, 0.25) is 0 Å². The molecule has 1 aliphatic rings. The lowest BCUT2D eigenvalue weighted by atomic mass is 10.0. The second-order valence-corrected chi connectivity index (χ2v) is 6.63. The van der Waals surface area contributed by atoms with Crippen molar-refractivity contribution in [3.8, 4) is 6.07 Å². The highest BCUT2D eigenvalue weighted by Crippen LogP contribution is 2.21. The average Bonchev–Trinajstić information content (AvgIpc) is 3.05. The van der Waals surface area contributed by atoms with Gasteiger partial charge in [0.2, 0.25) is 11.1 Å². The normalized spacial score (nSPS) is 15.0. The summed E-state index contributed by atoms with van der Waals surface area (Å²) in [7, 11) is 1.74. The maximum atomic E-state index is 12.1. The minimum absolute atomic E-state index is 0.0259. The van der Waals surface area contributed by atoms with Crippen LogP contribution in [0.1, 0.15) is 18.4 Å². The highest BCUT2D eigenvalue weighted by atomic mass is 32.2. The summed E-state index contributed by atoms with van der Waals surface area (Å²) in [5, 5.41) is 24.0. The van der Waals surface area contributed by atoms with Gasteiger partial charge in [0.25, 0.3) is 0 Å². The van der Waals surface area contributed by atoms with Crippen LogP contribution in [0.4, 0.5) is 5.82 Å². The lowest BCUT2D eigenvalue weighted by Gasteiger charge is -2.33. The van der Waals surface area contributed by atoms with Gasteiger partial charge in [0.1, 0.15) is 11.9 Å². The number of nitrogens with one attached hydrogen (secondary N) is 1. The molecular weight excluding hydrogens is 340 g/mol. The van der Waals surface area contributed by atoms with E-state index in [0.717, 1.165) is 31.7 Å². The zero-order valence-corrected chi connectivity index (χ0v) is 14.6. The van der Waals surface area contributed by atoms with Gasteiger partial charge in [0.15, 0.2) is 0 Å². The van der Waals surface area contributed by atoms with Crippen LogP contribution in [0, 0.1) is 11.3 Å². The molecule has 130 valence electrons. The number of carbonyl (C=O) groups is 1. The number of nitriles is 1. The number of tetrazole rings is 1. The Morgan fingerprint density at radius 2 is 2.28 bits per heavy atom. The fourth-order valence-corrected chi connectivity index (χ4v) is 3.38. The Kier molecular flexibility index (Phi) is 5.45. The van der Waals surface area contributed by atoms with E-state index in [-0.39, 0.29) is 17.7 Å². The topological polar surface area (TPSA) is 113 Å². The first-order chi connectivity index (χ1) is 12.2. The van der Waals surface area contributed by atoms with Gasteiger partial charge in [-0.3, -0.25) is 4.79 Å². The molecule has 1 saturated heterocycles. The number of aromatic nitrogens is 5. The third kappa shape index (κ3) is 4.24. The number of rotatable bonds is 5. The van der Waals surface area contributed by atoms with E-state index in [0.29, 0.717) is 10.7 Å². The number of piperidine rings is 1. The number of carbonyl (C=O) groups excluding carboxylic acids is 1. The highest BCUT2D eigenvalue weighted by molar-refractivity contribution is 7.99. The first-order valence-corrected chi connectivity index (χ1v) is 8.90. The summed E-state index contributed by atoms with van der Waals surface area (Å²) in [4.78, 5) is 18.5. The first-order valence-electron chi connectivity index (χ1n) is 7.92. The van der Waals surface area contributed by atoms with Crippen LogP contribution >= 0.6 is 11.8 Å². The Labute approximate surface area is 149 Å². The fraction of sp³-hybridized carbons (Fsp3) is 0.467. The van der Waals surface area contributed by atoms with E-state index >= 15 is 0 Å². The Hall–Kier alpha value is -2.67. The van der Waals surface area contributed by atoms with Gasteiger partial charge < -0.3 is 10.2 Å². The smallest absolute Gasteiger partial charge is 0.230 e. The third-order valence-electron chi connectivity index (χ3n) is 3.98. The van der Waals surface area contributed by atoms with Crippen molar-refractivity contribution < 1.29 is 4.79 Å². The third-order valence-corrected chi connectivity index (χ3v) is 4.99. The van der Waals surface area contributed by atoms with Crippen LogP contribution in [0.3, 0.4) is 0 Å². The molecule has 1 amide bonds. The van der Waals surface area contributed by atoms with Gasteiger partial charge in [-0.15, -0.1) is 5.10 Å². The van der Waals surface area contributed by atoms with E-state index in [1.54, 1.807) is 25.4 Å². The minimum Gasteiger partial charge on any atom is -0.355 e. The summed E-state index contributed by atoms with van der Waals surface area (Å²) >= 11 is 1.31. The standard InChI is InChI=1S/C15H18N8OS/c1-22-15(19-20-21-22)25-10-13(24)18-12-4-7-23(8-5-12)14-11(9-16)3-2-6-17-14/h2-3,6,12H,4-5,7-8,10H2,1H3,(H,18,24). The monoisotopic (exact) mass is 358 g/mol. The molecule has 2 aromatic heterocycles. The maximum absolute atomic E-state index is 12.1. The molecular formula is C15H18N8OS. The number of anilines is 1. The lowest BCUT2D eigenvalue weighted by Crippen LogP contribution is -2.45. The van der Waals surface area contributed by atoms with Crippen LogP contribution in [0.15, 0.2) is 23.5 Å². The van der Waals surface area contributed by atoms with Crippen molar-refractivity contribution in [1.82, 2.24) is 30.5 Å². The van der Waals surface area contributed by atoms with Gasteiger partial charge >= 0.3 is 0 Å². The molecule has 2 aromatic rings. The first kappa shape index (κ1) is 17.2. The number of thioether (sulfide) groups is 1. The Bertz CT molecular complexity index is 778. The van der Waals surface area contributed by atoms with Gasteiger partial charge in [-0.2, -0.15) is 5.26 Å². The van der Waals surface area contributed by atoms with Crippen LogP contribution in [0.5, 0.6) is 0 Å². The number of pyridine rings is 1. The summed E-state index contributed by atoms with van der Waals surface area (Å²) in [6, 6.07) is 5.85. The Balaban J connectivity index is 1.47. The minimum atomic E-state index is -0.0259. The van der Waals surface area contributed by atoms with Crippen molar-refractivity contribution in [1.29, 1.82) is 5.26 Å². The molecule has 25 heavy (non-hydrogen) atoms. The summed E-state index contributed by atoms with van der Waals surface area (Å²) in [6.07, 6.45) is 3.34. The zero-order chi connectivity index (χ0) is 17.6. The second-order valence-electron chi connectivity index (χ2n) is 5.69. The molecule has 10 heteroatoms. The van der Waals surface area contributed by atoms with E-state index < -0.39 is 0 Å². The average molecular weight is 358 g/mol. The van der Waals surface area contributed by atoms with Gasteiger partial charge in [0.05, 0.1) is 11.3 Å². The summed E-state index contributed by atoms with van der Waals surface area (Å²) in [6.45, 7) is 1.52. The summed E-state index contributed by atoms with van der Waals surface area (Å²) in [5.41, 5.74) is 0.582. The highest BCUT2D eigenvalue weighted by Gasteiger charge is 2.23. The van der Waals surface area contributed by atoms with Crippen LogP contribution in [-0.2, 0) is 11.8 Å². The van der Waals surface area contributed by atoms with Gasteiger partial charge in [-0.05, 0) is 35.4 Å². The van der Waals surface area contributed by atoms with E-state index in [1.807, 2.05) is 0 Å². The van der Waals surface area contributed by atoms with Crippen molar-refractivity contribution in [2.75, 3.05) is 23.7 Å². The van der Waals surface area contributed by atoms with Crippen molar-refractivity contribution in [3.63, 3.8) is 0 Å². The van der Waals surface area contributed by atoms with Crippen LogP contribution in [0.25, 0.3) is 0 Å². The Morgan fingerprint density at radius 1 is 1.48 bits per heavy atom. The van der Waals surface area contributed by atoms with E-state index in [1.165, 1.54) is 16.4 Å². The molecule has 0 unspecified atom stereocenters. The molecule has 1 fully saturated rings. The van der Waals surface area contributed by atoms with E-state index in [9.17, 15) is 10.1 Å². The molecule has 0 aromatic carbocycles. The SMILES string of the molecule is Cn1nnnc1SCC(=O)NC1CCN(c2ncccc2C#N)CC1. The Morgan fingerprint density at radius 3 is 2.96 bits per heavy atom. The summed E-state index contributed by atoms with van der Waals surface area (Å²) in [5.74, 6) is 0.981. The largest absolute Gasteiger partial charge is 0.355 e. The van der Waals surface area contributed by atoms with Crippen LogP contribution in [-0.4, -0.2) is 56.0 Å². The van der Waals surface area contributed by atoms with Crippen molar-refractivity contribution in [3.05, 3.63) is 23.9 Å². The van der Waals surface area contributed by atoms with Crippen molar-refractivity contribution >= 4 is 23.5 Å². The van der Waals surface area contributed by atoms with Crippen LogP contribution < -0.4 is 10.2 Å². The van der Waals surface area contributed by atoms with Crippen molar-refractivity contribution in [2.45, 2.75) is 24.0 Å². The second kappa shape index (κ2) is 7.94. The number of hydrogen-bond acceptors (Lipinski definition) is 8. The van der Waals surface area contributed by atoms with Crippen molar-refractivity contribution in [2.24, 2.45) is 7.05 Å². The molecule has 1 N–H and O–H groups in total. The number of aryl methyl sites for hydroxylation is 1. The predicted molar refractivity (Wildman–Crippen MR) is 91.9 cm³/mol. The maximum Gasteiger partial charge on any atom is 0.230 e. The molecule has 0 aliphatic carbocycles. The molecule has 0 spiro atoms. The fourth-order valence-electron chi connectivity index (χ4n) is 2.71. The quantitative estimate of drug-likeness (QED) is 0.762. The van der Waals surface area contributed by atoms with Gasteiger partial charge in [-0.25, -0.2) is 9.67 Å². The molecule has 0 radical (unpaired) electrons. The molecule has 0 bridgehead atoms. The number of amides is 1.